The smallest absolute Gasteiger partial charge is 0.230 e. The summed E-state index contributed by atoms with van der Waals surface area (Å²) in [6, 6.07) is 3.90. The van der Waals surface area contributed by atoms with Crippen LogP contribution in [0.4, 0.5) is 0 Å². The highest BCUT2D eigenvalue weighted by Crippen LogP contribution is 2.41. The van der Waals surface area contributed by atoms with Crippen molar-refractivity contribution in [2.45, 2.75) is 32.2 Å². The zero-order chi connectivity index (χ0) is 17.3. The Labute approximate surface area is 148 Å². The minimum Gasteiger partial charge on any atom is -0.381 e. The number of carbonyl (C=O) groups is 2. The molecule has 0 bridgehead atoms. The number of amides is 2. The average Bonchev–Trinajstić information content (AvgIpc) is 3.28. The van der Waals surface area contributed by atoms with E-state index in [0.29, 0.717) is 26.3 Å². The van der Waals surface area contributed by atoms with Gasteiger partial charge in [-0.2, -0.15) is 0 Å². The van der Waals surface area contributed by atoms with Crippen molar-refractivity contribution in [3.63, 3.8) is 0 Å². The monoisotopic (exact) mass is 343 g/mol. The van der Waals surface area contributed by atoms with Crippen molar-refractivity contribution in [2.75, 3.05) is 32.8 Å². The minimum absolute atomic E-state index is 0.0156. The van der Waals surface area contributed by atoms with E-state index in [9.17, 15) is 9.59 Å². The zero-order valence-corrected chi connectivity index (χ0v) is 14.5. The summed E-state index contributed by atoms with van der Waals surface area (Å²) >= 11 is 0. The summed E-state index contributed by atoms with van der Waals surface area (Å²) in [6.07, 6.45) is 7.01. The molecule has 3 saturated heterocycles. The summed E-state index contributed by atoms with van der Waals surface area (Å²) in [5.41, 5.74) is 0.676. The fourth-order valence-corrected chi connectivity index (χ4v) is 4.44. The molecule has 0 saturated carbocycles. The molecule has 0 N–H and O–H groups in total. The lowest BCUT2D eigenvalue weighted by atomic mass is 9.78. The molecule has 2 atom stereocenters. The first kappa shape index (κ1) is 16.5. The molecule has 0 radical (unpaired) electrons. The highest BCUT2D eigenvalue weighted by atomic mass is 16.5. The molecule has 0 unspecified atom stereocenters. The van der Waals surface area contributed by atoms with Crippen LogP contribution in [-0.4, -0.2) is 59.4 Å². The van der Waals surface area contributed by atoms with Gasteiger partial charge in [0, 0.05) is 45.2 Å². The maximum Gasteiger partial charge on any atom is 0.230 e. The second kappa shape index (κ2) is 6.75. The number of carbonyl (C=O) groups excluding carboxylic acids is 2. The Hall–Kier alpha value is -1.95. The SMILES string of the molecule is O=C([C@H]1CCOC1)N1CCC[C@@]2(CCN(Cc3cccnc3)C2=O)C1. The Morgan fingerprint density at radius 1 is 1.36 bits per heavy atom. The Balaban J connectivity index is 1.44. The number of rotatable bonds is 3. The second-order valence-electron chi connectivity index (χ2n) is 7.54. The van der Waals surface area contributed by atoms with Gasteiger partial charge in [-0.25, -0.2) is 0 Å². The predicted molar refractivity (Wildman–Crippen MR) is 91.4 cm³/mol. The van der Waals surface area contributed by atoms with Gasteiger partial charge in [-0.1, -0.05) is 6.07 Å². The topological polar surface area (TPSA) is 62.7 Å². The van der Waals surface area contributed by atoms with Crippen molar-refractivity contribution in [1.82, 2.24) is 14.8 Å². The van der Waals surface area contributed by atoms with Crippen LogP contribution in [0.25, 0.3) is 0 Å². The molecule has 0 aliphatic carbocycles. The Morgan fingerprint density at radius 2 is 2.28 bits per heavy atom. The van der Waals surface area contributed by atoms with E-state index in [2.05, 4.69) is 4.98 Å². The van der Waals surface area contributed by atoms with E-state index in [0.717, 1.165) is 44.3 Å². The first-order chi connectivity index (χ1) is 12.2. The second-order valence-corrected chi connectivity index (χ2v) is 7.54. The number of ether oxygens (including phenoxy) is 1. The fraction of sp³-hybridized carbons (Fsp3) is 0.632. The maximum absolute atomic E-state index is 13.1. The molecule has 134 valence electrons. The molecule has 1 spiro atoms. The van der Waals surface area contributed by atoms with Gasteiger partial charge in [-0.3, -0.25) is 14.6 Å². The van der Waals surface area contributed by atoms with E-state index in [1.165, 1.54) is 0 Å². The van der Waals surface area contributed by atoms with Crippen LogP contribution >= 0.6 is 0 Å². The standard InChI is InChI=1S/C19H25N3O3/c23-17(16-4-10-25-13-16)22-8-2-5-19(14-22)6-9-21(18(19)24)12-15-3-1-7-20-11-15/h1,3,7,11,16H,2,4-6,8-10,12-14H2/t16-,19+/m0/s1. The summed E-state index contributed by atoms with van der Waals surface area (Å²) in [5, 5.41) is 0. The van der Waals surface area contributed by atoms with Crippen molar-refractivity contribution < 1.29 is 14.3 Å². The van der Waals surface area contributed by atoms with E-state index in [-0.39, 0.29) is 23.1 Å². The third kappa shape index (κ3) is 3.15. The fourth-order valence-electron chi connectivity index (χ4n) is 4.44. The first-order valence-corrected chi connectivity index (χ1v) is 9.23. The molecule has 4 heterocycles. The molecule has 4 rings (SSSR count). The largest absolute Gasteiger partial charge is 0.381 e. The maximum atomic E-state index is 13.1. The molecule has 1 aromatic heterocycles. The van der Waals surface area contributed by atoms with Crippen molar-refractivity contribution in [3.8, 4) is 0 Å². The van der Waals surface area contributed by atoms with Gasteiger partial charge in [-0.05, 0) is 37.3 Å². The molecule has 2 amide bonds. The normalized spacial score (nSPS) is 29.6. The molecule has 6 nitrogen and oxygen atoms in total. The Bertz CT molecular complexity index is 645. The van der Waals surface area contributed by atoms with E-state index < -0.39 is 0 Å². The van der Waals surface area contributed by atoms with E-state index in [1.807, 2.05) is 28.1 Å². The highest BCUT2D eigenvalue weighted by Gasteiger charge is 2.50. The summed E-state index contributed by atoms with van der Waals surface area (Å²) in [5.74, 6) is 0.366. The Kier molecular flexibility index (Phi) is 4.46. The van der Waals surface area contributed by atoms with Gasteiger partial charge in [0.2, 0.25) is 11.8 Å². The molecular weight excluding hydrogens is 318 g/mol. The lowest BCUT2D eigenvalue weighted by Crippen LogP contribution is -2.51. The number of nitrogens with zero attached hydrogens (tertiary/aromatic N) is 3. The van der Waals surface area contributed by atoms with E-state index in [4.69, 9.17) is 4.74 Å². The summed E-state index contributed by atoms with van der Waals surface area (Å²) < 4.78 is 5.36. The molecule has 3 aliphatic rings. The highest BCUT2D eigenvalue weighted by molar-refractivity contribution is 5.87. The van der Waals surface area contributed by atoms with Crippen LogP contribution in [0.3, 0.4) is 0 Å². The van der Waals surface area contributed by atoms with Gasteiger partial charge in [-0.15, -0.1) is 0 Å². The van der Waals surface area contributed by atoms with Crippen molar-refractivity contribution >= 4 is 11.8 Å². The minimum atomic E-state index is -0.379. The van der Waals surface area contributed by atoms with Crippen LogP contribution < -0.4 is 0 Å². The lowest BCUT2D eigenvalue weighted by Gasteiger charge is -2.40. The van der Waals surface area contributed by atoms with Crippen LogP contribution in [0.2, 0.25) is 0 Å². The number of likely N-dealkylation sites (tertiary alicyclic amines) is 2. The third-order valence-electron chi connectivity index (χ3n) is 5.86. The van der Waals surface area contributed by atoms with Gasteiger partial charge in [0.15, 0.2) is 0 Å². The van der Waals surface area contributed by atoms with Gasteiger partial charge < -0.3 is 14.5 Å². The summed E-state index contributed by atoms with van der Waals surface area (Å²) in [6.45, 7) is 3.93. The predicted octanol–water partition coefficient (Wildman–Crippen LogP) is 1.46. The average molecular weight is 343 g/mol. The lowest BCUT2D eigenvalue weighted by molar-refractivity contribution is -0.145. The van der Waals surface area contributed by atoms with Crippen molar-refractivity contribution in [1.29, 1.82) is 0 Å². The zero-order valence-electron chi connectivity index (χ0n) is 14.5. The van der Waals surface area contributed by atoms with Crippen LogP contribution in [0, 0.1) is 11.3 Å². The number of hydrogen-bond donors (Lipinski definition) is 0. The number of piperidine rings is 1. The van der Waals surface area contributed by atoms with E-state index in [1.54, 1.807) is 6.20 Å². The van der Waals surface area contributed by atoms with E-state index >= 15 is 0 Å². The van der Waals surface area contributed by atoms with Gasteiger partial charge >= 0.3 is 0 Å². The van der Waals surface area contributed by atoms with Crippen LogP contribution in [-0.2, 0) is 20.9 Å². The van der Waals surface area contributed by atoms with Gasteiger partial charge in [0.05, 0.1) is 17.9 Å². The molecule has 0 aromatic carbocycles. The third-order valence-corrected chi connectivity index (χ3v) is 5.86. The Morgan fingerprint density at radius 3 is 3.04 bits per heavy atom. The number of aromatic nitrogens is 1. The molecule has 3 aliphatic heterocycles. The molecule has 3 fully saturated rings. The molecular formula is C19H25N3O3. The summed E-state index contributed by atoms with van der Waals surface area (Å²) in [4.78, 5) is 33.8. The molecule has 1 aromatic rings. The van der Waals surface area contributed by atoms with Crippen molar-refractivity contribution in [2.24, 2.45) is 11.3 Å². The first-order valence-electron chi connectivity index (χ1n) is 9.23. The van der Waals surface area contributed by atoms with Crippen molar-refractivity contribution in [3.05, 3.63) is 30.1 Å². The quantitative estimate of drug-likeness (QED) is 0.834. The molecule has 6 heteroatoms. The van der Waals surface area contributed by atoms with Crippen LogP contribution in [0.15, 0.2) is 24.5 Å². The van der Waals surface area contributed by atoms with Crippen LogP contribution in [0.5, 0.6) is 0 Å². The number of hydrogen-bond acceptors (Lipinski definition) is 4. The number of pyridine rings is 1. The molecule has 25 heavy (non-hydrogen) atoms. The van der Waals surface area contributed by atoms with Crippen LogP contribution in [0.1, 0.15) is 31.2 Å². The summed E-state index contributed by atoms with van der Waals surface area (Å²) in [7, 11) is 0. The van der Waals surface area contributed by atoms with Gasteiger partial charge in [0.25, 0.3) is 0 Å². The van der Waals surface area contributed by atoms with Gasteiger partial charge in [0.1, 0.15) is 0 Å².